The van der Waals surface area contributed by atoms with Gasteiger partial charge in [0.05, 0.1) is 18.1 Å². The normalized spacial score (nSPS) is 16.7. The molecule has 0 aliphatic carbocycles. The van der Waals surface area contributed by atoms with Gasteiger partial charge in [0.15, 0.2) is 0 Å². The molecule has 1 fully saturated rings. The van der Waals surface area contributed by atoms with E-state index in [0.29, 0.717) is 12.0 Å². The van der Waals surface area contributed by atoms with Gasteiger partial charge in [0, 0.05) is 0 Å². The van der Waals surface area contributed by atoms with Crippen LogP contribution in [0.2, 0.25) is 0 Å². The fourth-order valence-electron chi connectivity index (χ4n) is 2.45. The van der Waals surface area contributed by atoms with E-state index in [-0.39, 0.29) is 12.1 Å². The molecule has 3 heteroatoms. The molecule has 0 bridgehead atoms. The van der Waals surface area contributed by atoms with Gasteiger partial charge in [0.25, 0.3) is 0 Å². The Balaban J connectivity index is 1.63. The highest BCUT2D eigenvalue weighted by molar-refractivity contribution is 5.75. The molecule has 104 valence electrons. The predicted molar refractivity (Wildman–Crippen MR) is 79.4 cm³/mol. The maximum atomic E-state index is 10.7. The fraction of sp³-hybridized carbons (Fsp3) is 0.222. The highest BCUT2D eigenvalue weighted by Gasteiger charge is 2.27. The van der Waals surface area contributed by atoms with Crippen LogP contribution in [-0.2, 0) is 16.0 Å². The minimum absolute atomic E-state index is 0.0869. The zero-order valence-electron chi connectivity index (χ0n) is 11.6. The Bertz CT molecular complexity index is 673. The predicted octanol–water partition coefficient (Wildman–Crippen LogP) is 3.47. The van der Waals surface area contributed by atoms with Crippen molar-refractivity contribution in [1.82, 2.24) is 0 Å². The van der Waals surface area contributed by atoms with Crippen LogP contribution in [-0.4, -0.2) is 12.1 Å². The van der Waals surface area contributed by atoms with Crippen molar-refractivity contribution in [1.29, 1.82) is 5.26 Å². The van der Waals surface area contributed by atoms with Crippen molar-refractivity contribution in [3.63, 3.8) is 0 Å². The third-order valence-corrected chi connectivity index (χ3v) is 3.75. The van der Waals surface area contributed by atoms with Crippen molar-refractivity contribution < 1.29 is 9.53 Å². The van der Waals surface area contributed by atoms with Crippen molar-refractivity contribution >= 4 is 5.97 Å². The number of carbonyl (C=O) groups is 1. The molecule has 3 nitrogen and oxygen atoms in total. The van der Waals surface area contributed by atoms with E-state index in [4.69, 9.17) is 10.00 Å². The molecule has 1 unspecified atom stereocenters. The van der Waals surface area contributed by atoms with Crippen molar-refractivity contribution in [3.8, 4) is 17.2 Å². The number of esters is 1. The van der Waals surface area contributed by atoms with Gasteiger partial charge in [-0.3, -0.25) is 4.79 Å². The molecular formula is C18H15NO2. The van der Waals surface area contributed by atoms with Crippen LogP contribution in [0.1, 0.15) is 24.0 Å². The van der Waals surface area contributed by atoms with Gasteiger partial charge < -0.3 is 4.74 Å². The number of hydrogen-bond donors (Lipinski definition) is 0. The largest absolute Gasteiger partial charge is 0.462 e. The Labute approximate surface area is 123 Å². The first-order chi connectivity index (χ1) is 10.2. The lowest BCUT2D eigenvalue weighted by Crippen LogP contribution is -2.32. The van der Waals surface area contributed by atoms with E-state index in [1.165, 1.54) is 5.56 Å². The molecule has 3 rings (SSSR count). The maximum absolute atomic E-state index is 10.7. The Kier molecular flexibility index (Phi) is 3.70. The quantitative estimate of drug-likeness (QED) is 0.804. The molecule has 1 saturated heterocycles. The number of aryl methyl sites for hydroxylation is 1. The van der Waals surface area contributed by atoms with E-state index in [0.717, 1.165) is 24.0 Å². The highest BCUT2D eigenvalue weighted by atomic mass is 16.6. The van der Waals surface area contributed by atoms with Gasteiger partial charge in [-0.15, -0.1) is 0 Å². The van der Waals surface area contributed by atoms with Gasteiger partial charge in [0.1, 0.15) is 6.10 Å². The lowest BCUT2D eigenvalue weighted by atomic mass is 9.99. The van der Waals surface area contributed by atoms with E-state index < -0.39 is 0 Å². The molecule has 0 N–H and O–H groups in total. The summed E-state index contributed by atoms with van der Waals surface area (Å²) in [5.74, 6) is -0.0869. The first-order valence-corrected chi connectivity index (χ1v) is 7.03. The minimum atomic E-state index is -0.0869. The summed E-state index contributed by atoms with van der Waals surface area (Å²) in [6, 6.07) is 18.1. The van der Waals surface area contributed by atoms with Gasteiger partial charge in [-0.2, -0.15) is 5.26 Å². The molecule has 1 atom stereocenters. The Hall–Kier alpha value is -2.60. The number of ether oxygens (including phenoxy) is 1. The van der Waals surface area contributed by atoms with Crippen LogP contribution in [0.4, 0.5) is 0 Å². The summed E-state index contributed by atoms with van der Waals surface area (Å²) < 4.78 is 5.01. The number of hydrogen-bond acceptors (Lipinski definition) is 3. The summed E-state index contributed by atoms with van der Waals surface area (Å²) in [5.41, 5.74) is 4.16. The summed E-state index contributed by atoms with van der Waals surface area (Å²) in [6.07, 6.45) is 2.48. The summed E-state index contributed by atoms with van der Waals surface area (Å²) in [4.78, 5) is 10.7. The third-order valence-electron chi connectivity index (χ3n) is 3.75. The van der Waals surface area contributed by atoms with Crippen LogP contribution >= 0.6 is 0 Å². The number of benzene rings is 2. The van der Waals surface area contributed by atoms with Crippen LogP contribution in [0.3, 0.4) is 0 Å². The Morgan fingerprint density at radius 3 is 2.14 bits per heavy atom. The molecule has 1 aliphatic heterocycles. The Morgan fingerprint density at radius 1 is 1.05 bits per heavy atom. The Morgan fingerprint density at radius 2 is 1.62 bits per heavy atom. The molecule has 2 aromatic rings. The SMILES string of the molecule is N#Cc1ccc(-c2ccc(CCC3CC(=O)O3)cc2)cc1. The second kappa shape index (κ2) is 5.80. The zero-order valence-corrected chi connectivity index (χ0v) is 11.6. The van der Waals surface area contributed by atoms with E-state index in [1.54, 1.807) is 0 Å². The smallest absolute Gasteiger partial charge is 0.309 e. The molecule has 21 heavy (non-hydrogen) atoms. The first-order valence-electron chi connectivity index (χ1n) is 7.03. The van der Waals surface area contributed by atoms with Gasteiger partial charge >= 0.3 is 5.97 Å². The molecule has 0 amide bonds. The van der Waals surface area contributed by atoms with Crippen LogP contribution in [0.5, 0.6) is 0 Å². The van der Waals surface area contributed by atoms with E-state index in [1.807, 2.05) is 24.3 Å². The first kappa shape index (κ1) is 13.4. The summed E-state index contributed by atoms with van der Waals surface area (Å²) in [5, 5.41) is 8.80. The standard InChI is InChI=1S/C18H15NO2/c19-12-14-3-8-16(9-4-14)15-6-1-13(2-7-15)5-10-17-11-18(20)21-17/h1-4,6-9,17H,5,10-11H2. The van der Waals surface area contributed by atoms with Crippen molar-refractivity contribution in [2.45, 2.75) is 25.4 Å². The minimum Gasteiger partial charge on any atom is -0.462 e. The van der Waals surface area contributed by atoms with E-state index >= 15 is 0 Å². The summed E-state index contributed by atoms with van der Waals surface area (Å²) in [7, 11) is 0. The van der Waals surface area contributed by atoms with Crippen LogP contribution in [0.15, 0.2) is 48.5 Å². The van der Waals surface area contributed by atoms with E-state index in [2.05, 4.69) is 30.3 Å². The molecule has 1 aliphatic rings. The molecule has 0 radical (unpaired) electrons. The number of nitriles is 1. The molecule has 2 aromatic carbocycles. The average Bonchev–Trinajstić information content (AvgIpc) is 2.51. The zero-order chi connectivity index (χ0) is 14.7. The molecule has 0 saturated carbocycles. The van der Waals surface area contributed by atoms with Crippen LogP contribution < -0.4 is 0 Å². The summed E-state index contributed by atoms with van der Waals surface area (Å²) in [6.45, 7) is 0. The highest BCUT2D eigenvalue weighted by Crippen LogP contribution is 2.22. The topological polar surface area (TPSA) is 50.1 Å². The van der Waals surface area contributed by atoms with Crippen molar-refractivity contribution in [2.24, 2.45) is 0 Å². The van der Waals surface area contributed by atoms with Gasteiger partial charge in [-0.05, 0) is 41.7 Å². The lowest BCUT2D eigenvalue weighted by Gasteiger charge is -2.25. The third kappa shape index (κ3) is 3.11. The van der Waals surface area contributed by atoms with Crippen LogP contribution in [0.25, 0.3) is 11.1 Å². The van der Waals surface area contributed by atoms with Crippen molar-refractivity contribution in [2.75, 3.05) is 0 Å². The van der Waals surface area contributed by atoms with E-state index in [9.17, 15) is 4.79 Å². The molecular weight excluding hydrogens is 262 g/mol. The number of carbonyl (C=O) groups excluding carboxylic acids is 1. The number of rotatable bonds is 4. The molecule has 1 heterocycles. The van der Waals surface area contributed by atoms with Gasteiger partial charge in [-0.1, -0.05) is 36.4 Å². The van der Waals surface area contributed by atoms with Gasteiger partial charge in [0.2, 0.25) is 0 Å². The van der Waals surface area contributed by atoms with Gasteiger partial charge in [-0.25, -0.2) is 0 Å². The second-order valence-corrected chi connectivity index (χ2v) is 5.24. The average molecular weight is 277 g/mol. The van der Waals surface area contributed by atoms with Crippen molar-refractivity contribution in [3.05, 3.63) is 59.7 Å². The molecule has 0 spiro atoms. The number of cyclic esters (lactones) is 1. The summed E-state index contributed by atoms with van der Waals surface area (Å²) >= 11 is 0. The number of nitrogens with zero attached hydrogens (tertiary/aromatic N) is 1. The fourth-order valence-corrected chi connectivity index (χ4v) is 2.45. The van der Waals surface area contributed by atoms with Crippen LogP contribution in [0, 0.1) is 11.3 Å². The maximum Gasteiger partial charge on any atom is 0.309 e. The lowest BCUT2D eigenvalue weighted by molar-refractivity contribution is -0.169. The monoisotopic (exact) mass is 277 g/mol. The molecule has 0 aromatic heterocycles. The second-order valence-electron chi connectivity index (χ2n) is 5.24.